The number of alkyl halides is 1. The largest absolute Gasteiger partial charge is 0.383 e. The number of halogens is 3. The molecule has 19 heavy (non-hydrogen) atoms. The van der Waals surface area contributed by atoms with E-state index >= 15 is 0 Å². The molecule has 0 radical (unpaired) electrons. The number of nitrogens with zero attached hydrogens (tertiary/aromatic N) is 1. The number of carbonyl (C=O) groups is 1. The molecule has 0 aliphatic heterocycles. The molecule has 0 unspecified atom stereocenters. The molecule has 0 saturated heterocycles. The Balaban J connectivity index is 2.98. The van der Waals surface area contributed by atoms with Gasteiger partial charge in [-0.15, -0.1) is 11.6 Å². The average Bonchev–Trinajstić information content (AvgIpc) is 2.38. The van der Waals surface area contributed by atoms with Gasteiger partial charge in [0, 0.05) is 32.1 Å². The third kappa shape index (κ3) is 4.14. The zero-order valence-corrected chi connectivity index (χ0v) is 11.6. The molecule has 0 heterocycles. The van der Waals surface area contributed by atoms with Gasteiger partial charge in [0.2, 0.25) is 0 Å². The molecule has 0 bridgehead atoms. The number of methoxy groups -OCH3 is 1. The predicted octanol–water partition coefficient (Wildman–Crippen LogP) is 2.60. The number of rotatable bonds is 6. The lowest BCUT2D eigenvalue weighted by Crippen LogP contribution is -2.36. The molecule has 0 aliphatic carbocycles. The highest BCUT2D eigenvalue weighted by atomic mass is 35.5. The van der Waals surface area contributed by atoms with Crippen LogP contribution in [0.25, 0.3) is 0 Å². The molecule has 3 nitrogen and oxygen atoms in total. The van der Waals surface area contributed by atoms with Gasteiger partial charge in [-0.3, -0.25) is 4.79 Å². The Labute approximate surface area is 116 Å². The van der Waals surface area contributed by atoms with Crippen molar-refractivity contribution in [3.05, 3.63) is 34.9 Å². The second kappa shape index (κ2) is 7.40. The molecule has 106 valence electrons. The van der Waals surface area contributed by atoms with Crippen molar-refractivity contribution < 1.29 is 18.3 Å². The van der Waals surface area contributed by atoms with Crippen molar-refractivity contribution in [2.45, 2.75) is 6.92 Å². The second-order valence-electron chi connectivity index (χ2n) is 4.06. The highest BCUT2D eigenvalue weighted by Gasteiger charge is 2.20. The Morgan fingerprint density at radius 1 is 1.32 bits per heavy atom. The molecule has 0 aliphatic rings. The minimum atomic E-state index is -0.870. The van der Waals surface area contributed by atoms with Crippen LogP contribution >= 0.6 is 11.6 Å². The maximum Gasteiger partial charge on any atom is 0.256 e. The van der Waals surface area contributed by atoms with Crippen LogP contribution in [0, 0.1) is 18.6 Å². The maximum atomic E-state index is 13.7. The predicted molar refractivity (Wildman–Crippen MR) is 69.6 cm³/mol. The topological polar surface area (TPSA) is 29.5 Å². The normalized spacial score (nSPS) is 10.6. The summed E-state index contributed by atoms with van der Waals surface area (Å²) < 4.78 is 31.7. The van der Waals surface area contributed by atoms with Gasteiger partial charge in [-0.2, -0.15) is 0 Å². The third-order valence-electron chi connectivity index (χ3n) is 2.69. The third-order valence-corrected chi connectivity index (χ3v) is 2.85. The molecule has 0 spiro atoms. The zero-order valence-electron chi connectivity index (χ0n) is 10.9. The first kappa shape index (κ1) is 15.9. The van der Waals surface area contributed by atoms with Gasteiger partial charge < -0.3 is 9.64 Å². The Kier molecular flexibility index (Phi) is 6.18. The number of hydrogen-bond donors (Lipinski definition) is 0. The van der Waals surface area contributed by atoms with Crippen molar-refractivity contribution in [3.8, 4) is 0 Å². The molecule has 1 rings (SSSR count). The van der Waals surface area contributed by atoms with E-state index in [0.29, 0.717) is 13.2 Å². The summed E-state index contributed by atoms with van der Waals surface area (Å²) in [5.74, 6) is -1.82. The van der Waals surface area contributed by atoms with Gasteiger partial charge in [-0.25, -0.2) is 8.78 Å². The van der Waals surface area contributed by atoms with Crippen molar-refractivity contribution >= 4 is 17.5 Å². The van der Waals surface area contributed by atoms with E-state index in [-0.39, 0.29) is 23.6 Å². The van der Waals surface area contributed by atoms with E-state index in [0.717, 1.165) is 6.07 Å². The smallest absolute Gasteiger partial charge is 0.256 e. The zero-order chi connectivity index (χ0) is 14.4. The molecule has 0 fully saturated rings. The summed E-state index contributed by atoms with van der Waals surface area (Å²) in [7, 11) is 1.51. The average molecular weight is 292 g/mol. The van der Waals surface area contributed by atoms with E-state index in [4.69, 9.17) is 16.3 Å². The van der Waals surface area contributed by atoms with Crippen molar-refractivity contribution in [1.82, 2.24) is 4.90 Å². The first-order chi connectivity index (χ1) is 9.01. The summed E-state index contributed by atoms with van der Waals surface area (Å²) in [6.45, 7) is 2.38. The van der Waals surface area contributed by atoms with Crippen LogP contribution in [-0.4, -0.2) is 43.5 Å². The van der Waals surface area contributed by atoms with Gasteiger partial charge in [0.25, 0.3) is 5.91 Å². The van der Waals surface area contributed by atoms with Crippen LogP contribution < -0.4 is 0 Å². The molecular formula is C13H16ClF2NO2. The molecule has 0 N–H and O–H groups in total. The fraction of sp³-hybridized carbons (Fsp3) is 0.462. The SMILES string of the molecule is COCCN(CCCl)C(=O)c1cc(C)c(F)cc1F. The van der Waals surface area contributed by atoms with E-state index in [2.05, 4.69) is 0 Å². The minimum Gasteiger partial charge on any atom is -0.383 e. The van der Waals surface area contributed by atoms with E-state index < -0.39 is 17.5 Å². The van der Waals surface area contributed by atoms with Gasteiger partial charge in [0.1, 0.15) is 11.6 Å². The fourth-order valence-electron chi connectivity index (χ4n) is 1.61. The molecule has 0 saturated carbocycles. The number of aryl methyl sites for hydroxylation is 1. The molecule has 1 aromatic carbocycles. The first-order valence-corrected chi connectivity index (χ1v) is 6.34. The van der Waals surface area contributed by atoms with Crippen LogP contribution in [0.1, 0.15) is 15.9 Å². The van der Waals surface area contributed by atoms with Crippen molar-refractivity contribution in [3.63, 3.8) is 0 Å². The van der Waals surface area contributed by atoms with E-state index in [9.17, 15) is 13.6 Å². The monoisotopic (exact) mass is 291 g/mol. The lowest BCUT2D eigenvalue weighted by Gasteiger charge is -2.21. The summed E-state index contributed by atoms with van der Waals surface area (Å²) in [6.07, 6.45) is 0. The molecule has 0 aromatic heterocycles. The van der Waals surface area contributed by atoms with Crippen molar-refractivity contribution in [1.29, 1.82) is 0 Å². The highest BCUT2D eigenvalue weighted by molar-refractivity contribution is 6.18. The van der Waals surface area contributed by atoms with Gasteiger partial charge in [0.05, 0.1) is 12.2 Å². The highest BCUT2D eigenvalue weighted by Crippen LogP contribution is 2.16. The van der Waals surface area contributed by atoms with Crippen LogP contribution in [0.4, 0.5) is 8.78 Å². The Bertz CT molecular complexity index is 455. The maximum absolute atomic E-state index is 13.7. The number of ether oxygens (including phenoxy) is 1. The van der Waals surface area contributed by atoms with E-state index in [1.807, 2.05) is 0 Å². The Hall–Kier alpha value is -1.20. The second-order valence-corrected chi connectivity index (χ2v) is 4.43. The standard InChI is InChI=1S/C13H16ClF2NO2/c1-9-7-10(12(16)8-11(9)15)13(18)17(4-3-14)5-6-19-2/h7-8H,3-6H2,1-2H3. The number of benzene rings is 1. The number of carbonyl (C=O) groups excluding carboxylic acids is 1. The van der Waals surface area contributed by atoms with E-state index in [1.165, 1.54) is 25.0 Å². The fourth-order valence-corrected chi connectivity index (χ4v) is 1.81. The summed E-state index contributed by atoms with van der Waals surface area (Å²) in [6, 6.07) is 1.93. The van der Waals surface area contributed by atoms with Gasteiger partial charge >= 0.3 is 0 Å². The van der Waals surface area contributed by atoms with Gasteiger partial charge in [0.15, 0.2) is 0 Å². The Morgan fingerprint density at radius 3 is 2.58 bits per heavy atom. The van der Waals surface area contributed by atoms with Crippen LogP contribution in [0.2, 0.25) is 0 Å². The quantitative estimate of drug-likeness (QED) is 0.754. The van der Waals surface area contributed by atoms with Crippen LogP contribution in [0.3, 0.4) is 0 Å². The summed E-state index contributed by atoms with van der Waals surface area (Å²) >= 11 is 5.61. The molecule has 1 aromatic rings. The summed E-state index contributed by atoms with van der Waals surface area (Å²) in [5.41, 5.74) is 0.0717. The molecule has 6 heteroatoms. The van der Waals surface area contributed by atoms with Crippen molar-refractivity contribution in [2.75, 3.05) is 32.7 Å². The summed E-state index contributed by atoms with van der Waals surface area (Å²) in [5, 5.41) is 0. The van der Waals surface area contributed by atoms with Crippen molar-refractivity contribution in [2.24, 2.45) is 0 Å². The van der Waals surface area contributed by atoms with Crippen LogP contribution in [0.15, 0.2) is 12.1 Å². The molecule has 0 atom stereocenters. The number of hydrogen-bond acceptors (Lipinski definition) is 2. The van der Waals surface area contributed by atoms with Crippen LogP contribution in [-0.2, 0) is 4.74 Å². The van der Waals surface area contributed by atoms with E-state index in [1.54, 1.807) is 0 Å². The molecular weight excluding hydrogens is 276 g/mol. The first-order valence-electron chi connectivity index (χ1n) is 5.81. The van der Waals surface area contributed by atoms with Crippen LogP contribution in [0.5, 0.6) is 0 Å². The Morgan fingerprint density at radius 2 is 2.00 bits per heavy atom. The lowest BCUT2D eigenvalue weighted by molar-refractivity contribution is 0.0703. The van der Waals surface area contributed by atoms with Gasteiger partial charge in [-0.05, 0) is 18.6 Å². The molecule has 1 amide bonds. The number of amides is 1. The lowest BCUT2D eigenvalue weighted by atomic mass is 10.1. The minimum absolute atomic E-state index is 0.153. The van der Waals surface area contributed by atoms with Gasteiger partial charge in [-0.1, -0.05) is 0 Å². The summed E-state index contributed by atoms with van der Waals surface area (Å²) in [4.78, 5) is 13.6.